The Balaban J connectivity index is 1.76. The number of unbranched alkanes of at least 4 members (excludes halogenated alkanes) is 1. The van der Waals surface area contributed by atoms with Crippen molar-refractivity contribution in [3.8, 4) is 11.3 Å². The number of para-hydroxylation sites is 1. The Morgan fingerprint density at radius 2 is 1.64 bits per heavy atom. The number of hydrogen-bond donors (Lipinski definition) is 4. The molecule has 39 heavy (non-hydrogen) atoms. The summed E-state index contributed by atoms with van der Waals surface area (Å²) in [6.45, 7) is 7.73. The molecule has 7 heteroatoms. The minimum atomic E-state index is -0.873. The molecule has 210 valence electrons. The topological polar surface area (TPSA) is 111 Å². The number of nitrogens with one attached hydrogen (secondary N) is 3. The Morgan fingerprint density at radius 3 is 2.23 bits per heavy atom. The molecule has 0 bridgehead atoms. The van der Waals surface area contributed by atoms with Crippen molar-refractivity contribution < 1.29 is 19.5 Å². The van der Waals surface area contributed by atoms with Gasteiger partial charge in [0.2, 0.25) is 11.8 Å². The predicted octanol–water partition coefficient (Wildman–Crippen LogP) is 5.94. The molecule has 0 unspecified atom stereocenters. The standard InChI is InChI=1S/C32H43N3O4/c1-6-7-10-25(31(38)39)19-24(29(36)35-28(30(37)33-5)32(2,3)4)18-15-21-13-16-22(17-14-21)27-20-23-11-8-9-12-26(23)34-27/h8-9,11-14,16-17,20,24-25,28,34H,6-7,10,15,18-19H2,1-5H3,(H,33,37)(H,35,36)(H,38,39)/t24-,25+,28-/m1/s1. The van der Waals surface area contributed by atoms with Crippen LogP contribution in [0.2, 0.25) is 0 Å². The second-order valence-corrected chi connectivity index (χ2v) is 11.5. The minimum absolute atomic E-state index is 0.249. The Labute approximate surface area is 231 Å². The minimum Gasteiger partial charge on any atom is -0.481 e. The Bertz CT molecular complexity index is 1220. The Kier molecular flexibility index (Phi) is 10.3. The number of H-pyrrole nitrogens is 1. The molecule has 0 saturated carbocycles. The van der Waals surface area contributed by atoms with Crippen LogP contribution in [0, 0.1) is 17.3 Å². The van der Waals surface area contributed by atoms with E-state index in [2.05, 4.69) is 58.1 Å². The van der Waals surface area contributed by atoms with Gasteiger partial charge in [-0.2, -0.15) is 0 Å². The summed E-state index contributed by atoms with van der Waals surface area (Å²) in [5, 5.41) is 16.6. The van der Waals surface area contributed by atoms with Crippen LogP contribution in [0.5, 0.6) is 0 Å². The summed E-state index contributed by atoms with van der Waals surface area (Å²) in [5.74, 6) is -2.52. The van der Waals surface area contributed by atoms with Gasteiger partial charge in [0.25, 0.3) is 0 Å². The zero-order chi connectivity index (χ0) is 28.6. The third kappa shape index (κ3) is 8.19. The maximum atomic E-state index is 13.5. The number of aryl methyl sites for hydroxylation is 1. The number of rotatable bonds is 13. The van der Waals surface area contributed by atoms with E-state index in [1.165, 1.54) is 0 Å². The summed E-state index contributed by atoms with van der Waals surface area (Å²) < 4.78 is 0. The fraction of sp³-hybridized carbons (Fsp3) is 0.469. The molecule has 0 saturated heterocycles. The molecule has 1 heterocycles. The molecule has 1 aromatic heterocycles. The van der Waals surface area contributed by atoms with E-state index in [4.69, 9.17) is 0 Å². The Morgan fingerprint density at radius 1 is 0.949 bits per heavy atom. The molecule has 3 aromatic rings. The number of aromatic nitrogens is 1. The monoisotopic (exact) mass is 533 g/mol. The van der Waals surface area contributed by atoms with Gasteiger partial charge in [0.05, 0.1) is 5.92 Å². The highest BCUT2D eigenvalue weighted by Crippen LogP contribution is 2.27. The van der Waals surface area contributed by atoms with Gasteiger partial charge in [-0.25, -0.2) is 0 Å². The van der Waals surface area contributed by atoms with Gasteiger partial charge in [0.15, 0.2) is 0 Å². The zero-order valence-corrected chi connectivity index (χ0v) is 23.8. The van der Waals surface area contributed by atoms with Crippen molar-refractivity contribution in [3.63, 3.8) is 0 Å². The first kappa shape index (κ1) is 29.9. The average Bonchev–Trinajstić information content (AvgIpc) is 3.34. The molecule has 4 N–H and O–H groups in total. The summed E-state index contributed by atoms with van der Waals surface area (Å²) in [7, 11) is 1.55. The number of fused-ring (bicyclic) bond motifs is 1. The molecule has 0 aliphatic carbocycles. The van der Waals surface area contributed by atoms with Crippen molar-refractivity contribution in [1.29, 1.82) is 0 Å². The molecule has 2 aromatic carbocycles. The lowest BCUT2D eigenvalue weighted by molar-refractivity contribution is -0.143. The van der Waals surface area contributed by atoms with Crippen molar-refractivity contribution in [1.82, 2.24) is 15.6 Å². The van der Waals surface area contributed by atoms with Crippen LogP contribution in [0.25, 0.3) is 22.2 Å². The van der Waals surface area contributed by atoms with E-state index in [9.17, 15) is 19.5 Å². The molecule has 2 amide bonds. The molecule has 0 fully saturated rings. The predicted molar refractivity (Wildman–Crippen MR) is 156 cm³/mol. The van der Waals surface area contributed by atoms with E-state index in [0.717, 1.165) is 40.6 Å². The molecular formula is C32H43N3O4. The van der Waals surface area contributed by atoms with Crippen molar-refractivity contribution in [2.45, 2.75) is 72.3 Å². The lowest BCUT2D eigenvalue weighted by atomic mass is 9.83. The number of carbonyl (C=O) groups is 3. The molecule has 0 spiro atoms. The molecule has 7 nitrogen and oxygen atoms in total. The van der Waals surface area contributed by atoms with Crippen LogP contribution in [-0.2, 0) is 20.8 Å². The smallest absolute Gasteiger partial charge is 0.306 e. The van der Waals surface area contributed by atoms with Crippen LogP contribution < -0.4 is 10.6 Å². The SMILES string of the molecule is CCCC[C@@H](C[C@@H](CCc1ccc(-c2cc3ccccc3[nH]2)cc1)C(=O)N[C@H](C(=O)NC)C(C)(C)C)C(=O)O. The van der Waals surface area contributed by atoms with Crippen LogP contribution in [0.1, 0.15) is 65.4 Å². The second-order valence-electron chi connectivity index (χ2n) is 11.5. The summed E-state index contributed by atoms with van der Waals surface area (Å²) in [5.41, 5.74) is 3.79. The van der Waals surface area contributed by atoms with Gasteiger partial charge in [-0.05, 0) is 54.4 Å². The molecule has 0 radical (unpaired) electrons. The number of carboxylic acids is 1. The highest BCUT2D eigenvalue weighted by atomic mass is 16.4. The largest absolute Gasteiger partial charge is 0.481 e. The van der Waals surface area contributed by atoms with Gasteiger partial charge in [0.1, 0.15) is 6.04 Å². The highest BCUT2D eigenvalue weighted by molar-refractivity contribution is 5.89. The molecule has 3 atom stereocenters. The number of benzene rings is 2. The van der Waals surface area contributed by atoms with Crippen LogP contribution >= 0.6 is 0 Å². The van der Waals surface area contributed by atoms with Gasteiger partial charge >= 0.3 is 5.97 Å². The van der Waals surface area contributed by atoms with Gasteiger partial charge in [-0.3, -0.25) is 14.4 Å². The van der Waals surface area contributed by atoms with Crippen molar-refractivity contribution in [3.05, 3.63) is 60.2 Å². The molecule has 0 aliphatic heterocycles. The maximum absolute atomic E-state index is 13.5. The van der Waals surface area contributed by atoms with E-state index in [-0.39, 0.29) is 18.2 Å². The first-order valence-corrected chi connectivity index (χ1v) is 13.9. The van der Waals surface area contributed by atoms with Crippen molar-refractivity contribution in [2.75, 3.05) is 7.05 Å². The molecular weight excluding hydrogens is 490 g/mol. The van der Waals surface area contributed by atoms with E-state index in [1.807, 2.05) is 39.8 Å². The fourth-order valence-corrected chi connectivity index (χ4v) is 4.99. The average molecular weight is 534 g/mol. The van der Waals surface area contributed by atoms with Crippen LogP contribution in [0.3, 0.4) is 0 Å². The lowest BCUT2D eigenvalue weighted by Gasteiger charge is -2.31. The normalized spacial score (nSPS) is 14.0. The van der Waals surface area contributed by atoms with Crippen molar-refractivity contribution >= 4 is 28.7 Å². The maximum Gasteiger partial charge on any atom is 0.306 e. The number of likely N-dealkylation sites (N-methyl/N-ethyl adjacent to an activating group) is 1. The summed E-state index contributed by atoms with van der Waals surface area (Å²) >= 11 is 0. The van der Waals surface area contributed by atoms with E-state index in [0.29, 0.717) is 19.3 Å². The number of carbonyl (C=O) groups excluding carboxylic acids is 2. The molecule has 0 aliphatic rings. The van der Waals surface area contributed by atoms with Crippen LogP contribution in [0.4, 0.5) is 0 Å². The van der Waals surface area contributed by atoms with Crippen molar-refractivity contribution in [2.24, 2.45) is 17.3 Å². The van der Waals surface area contributed by atoms with Gasteiger partial charge < -0.3 is 20.7 Å². The Hall–Kier alpha value is -3.61. The van der Waals surface area contributed by atoms with Gasteiger partial charge in [0, 0.05) is 29.6 Å². The quantitative estimate of drug-likeness (QED) is 0.218. The van der Waals surface area contributed by atoms with Gasteiger partial charge in [-0.15, -0.1) is 0 Å². The fourth-order valence-electron chi connectivity index (χ4n) is 4.99. The first-order valence-electron chi connectivity index (χ1n) is 13.9. The summed E-state index contributed by atoms with van der Waals surface area (Å²) in [6.07, 6.45) is 3.60. The number of aromatic amines is 1. The van der Waals surface area contributed by atoms with Gasteiger partial charge in [-0.1, -0.05) is 83.0 Å². The second kappa shape index (κ2) is 13.5. The third-order valence-corrected chi connectivity index (χ3v) is 7.43. The summed E-state index contributed by atoms with van der Waals surface area (Å²) in [4.78, 5) is 41.5. The highest BCUT2D eigenvalue weighted by Gasteiger charge is 2.35. The zero-order valence-electron chi connectivity index (χ0n) is 23.8. The number of aliphatic carboxylic acids is 1. The van der Waals surface area contributed by atoms with E-state index >= 15 is 0 Å². The number of carboxylic acid groups (broad SMARTS) is 1. The van der Waals surface area contributed by atoms with E-state index < -0.39 is 29.3 Å². The van der Waals surface area contributed by atoms with Crippen LogP contribution in [0.15, 0.2) is 54.6 Å². The number of amides is 2. The summed E-state index contributed by atoms with van der Waals surface area (Å²) in [6, 6.07) is 17.8. The number of hydrogen-bond acceptors (Lipinski definition) is 3. The first-order chi connectivity index (χ1) is 18.5. The lowest BCUT2D eigenvalue weighted by Crippen LogP contribution is -2.54. The van der Waals surface area contributed by atoms with Crippen LogP contribution in [-0.4, -0.2) is 41.0 Å². The van der Waals surface area contributed by atoms with E-state index in [1.54, 1.807) is 7.05 Å². The molecule has 3 rings (SSSR count). The third-order valence-electron chi connectivity index (χ3n) is 7.43.